The molecule has 3 fully saturated rings. The minimum atomic E-state index is -1.03. The summed E-state index contributed by atoms with van der Waals surface area (Å²) < 4.78 is 15.6. The van der Waals surface area contributed by atoms with E-state index in [1.807, 2.05) is 50.2 Å². The maximum atomic E-state index is 14.1. The first-order chi connectivity index (χ1) is 34.3. The molecule has 4 aliphatic rings. The summed E-state index contributed by atoms with van der Waals surface area (Å²) in [6, 6.07) is 25.2. The number of rotatable bonds is 11. The number of anilines is 3. The number of amides is 1. The van der Waals surface area contributed by atoms with E-state index in [1.165, 1.54) is 15.5 Å². The van der Waals surface area contributed by atoms with Gasteiger partial charge in [-0.1, -0.05) is 68.4 Å². The van der Waals surface area contributed by atoms with E-state index in [9.17, 15) is 29.5 Å². The standard InChI is InChI=1S/C53H58ClFN12O4/c1-33(2)41-28-42(47(69)29-46(41)68)50-59-60-53(71)67(50)38-12-10-35(11-13-38)30-61-22-24-62(25-23-61)37-15-19-63(20-16-37)52-57-44-32-64(45-9-5-7-36-6-4-8-43(54)48(36)45)21-17-40(44)49(58-52)65-26-27-66(51(70)34(3)55)39(31-65)14-18-56/h4-13,28-29,33,37,39,68-69H,3,14-17,19-27,30-32H2,1-2H3,(H,60,71). The monoisotopic (exact) mass is 980 g/mol. The predicted octanol–water partition coefficient (Wildman–Crippen LogP) is 7.12. The fraction of sp³-hybridized carbons (Fsp3) is 0.396. The molecule has 3 N–H and O–H groups in total. The van der Waals surface area contributed by atoms with E-state index in [1.54, 1.807) is 6.07 Å². The van der Waals surface area contributed by atoms with Gasteiger partial charge in [0.05, 0.1) is 47.0 Å². The molecule has 18 heteroatoms. The number of piperidine rings is 1. The molecule has 6 heterocycles. The summed E-state index contributed by atoms with van der Waals surface area (Å²) in [6.07, 6.45) is 2.68. The van der Waals surface area contributed by atoms with Crippen molar-refractivity contribution >= 4 is 45.7 Å². The van der Waals surface area contributed by atoms with Crippen LogP contribution in [-0.2, 0) is 24.3 Å². The van der Waals surface area contributed by atoms with Gasteiger partial charge in [0.2, 0.25) is 5.95 Å². The Bertz CT molecular complexity index is 3080. The lowest BCUT2D eigenvalue weighted by Crippen LogP contribution is -2.56. The van der Waals surface area contributed by atoms with Gasteiger partial charge in [-0.15, -0.1) is 0 Å². The van der Waals surface area contributed by atoms with Crippen molar-refractivity contribution in [3.8, 4) is 34.6 Å². The van der Waals surface area contributed by atoms with Gasteiger partial charge in [0, 0.05) is 101 Å². The lowest BCUT2D eigenvalue weighted by Gasteiger charge is -2.44. The maximum Gasteiger partial charge on any atom is 0.348 e. The number of halogens is 2. The van der Waals surface area contributed by atoms with Crippen LogP contribution in [0.5, 0.6) is 11.5 Å². The molecule has 0 bridgehead atoms. The van der Waals surface area contributed by atoms with E-state index in [-0.39, 0.29) is 36.2 Å². The number of nitriles is 1. The van der Waals surface area contributed by atoms with Gasteiger partial charge in [0.1, 0.15) is 17.3 Å². The number of aromatic nitrogens is 5. The number of H-pyrrole nitrogens is 1. The molecule has 1 atom stereocenters. The molecule has 6 aromatic rings. The van der Waals surface area contributed by atoms with Crippen molar-refractivity contribution in [2.24, 2.45) is 0 Å². The second-order valence-corrected chi connectivity index (χ2v) is 19.8. The van der Waals surface area contributed by atoms with E-state index < -0.39 is 23.5 Å². The largest absolute Gasteiger partial charge is 0.508 e. The summed E-state index contributed by atoms with van der Waals surface area (Å²) >= 11 is 6.82. The summed E-state index contributed by atoms with van der Waals surface area (Å²) in [4.78, 5) is 49.7. The summed E-state index contributed by atoms with van der Waals surface area (Å²) in [6.45, 7) is 15.6. The van der Waals surface area contributed by atoms with Crippen LogP contribution in [0, 0.1) is 11.3 Å². The van der Waals surface area contributed by atoms with Crippen molar-refractivity contribution in [1.29, 1.82) is 5.26 Å². The molecule has 4 aliphatic heterocycles. The van der Waals surface area contributed by atoms with E-state index in [0.717, 1.165) is 104 Å². The Hall–Kier alpha value is -7.00. The van der Waals surface area contributed by atoms with Gasteiger partial charge in [-0.05, 0) is 72.0 Å². The Kier molecular flexibility index (Phi) is 13.4. The maximum absolute atomic E-state index is 14.1. The van der Waals surface area contributed by atoms with Crippen LogP contribution in [0.4, 0.5) is 21.8 Å². The lowest BCUT2D eigenvalue weighted by atomic mass is 9.98. The third-order valence-electron chi connectivity index (χ3n) is 14.8. The smallest absolute Gasteiger partial charge is 0.348 e. The van der Waals surface area contributed by atoms with Gasteiger partial charge in [0.25, 0.3) is 5.91 Å². The molecule has 0 aliphatic carbocycles. The molecule has 2 aromatic heterocycles. The highest BCUT2D eigenvalue weighted by molar-refractivity contribution is 6.36. The number of benzene rings is 4. The van der Waals surface area contributed by atoms with Crippen molar-refractivity contribution < 1.29 is 19.4 Å². The average molecular weight is 982 g/mol. The molecule has 1 amide bonds. The number of aromatic hydroxyl groups is 2. The molecule has 0 saturated carbocycles. The number of nitrogens with zero attached hydrogens (tertiary/aromatic N) is 11. The van der Waals surface area contributed by atoms with Crippen molar-refractivity contribution in [3.05, 3.63) is 123 Å². The molecule has 368 valence electrons. The third kappa shape index (κ3) is 9.51. The van der Waals surface area contributed by atoms with Crippen molar-refractivity contribution in [3.63, 3.8) is 0 Å². The van der Waals surface area contributed by atoms with Gasteiger partial charge in [-0.3, -0.25) is 14.6 Å². The molecule has 10 rings (SSSR count). The molecular formula is C53H58ClFN12O4. The lowest BCUT2D eigenvalue weighted by molar-refractivity contribution is -0.131. The van der Waals surface area contributed by atoms with Crippen LogP contribution < -0.4 is 20.4 Å². The SMILES string of the molecule is C=C(F)C(=O)N1CCN(c2nc(N3CCC(N4CCN(Cc5ccc(-n6c(-c7cc(C(C)C)c(O)cc7O)n[nH]c6=O)cc5)CC4)CC3)nc3c2CCN(c2cccc4cccc(Cl)c24)C3)CC1CC#N. The fourth-order valence-electron chi connectivity index (χ4n) is 11.0. The summed E-state index contributed by atoms with van der Waals surface area (Å²) in [7, 11) is 0. The van der Waals surface area contributed by atoms with Gasteiger partial charge in [-0.2, -0.15) is 15.3 Å². The number of carbonyl (C=O) groups is 1. The van der Waals surface area contributed by atoms with Gasteiger partial charge < -0.3 is 29.8 Å². The fourth-order valence-corrected chi connectivity index (χ4v) is 11.3. The minimum absolute atomic E-state index is 0.00505. The van der Waals surface area contributed by atoms with E-state index in [2.05, 4.69) is 71.6 Å². The van der Waals surface area contributed by atoms with E-state index in [0.29, 0.717) is 59.9 Å². The highest BCUT2D eigenvalue weighted by Crippen LogP contribution is 2.40. The zero-order valence-electron chi connectivity index (χ0n) is 40.1. The van der Waals surface area contributed by atoms with E-state index in [4.69, 9.17) is 21.6 Å². The zero-order chi connectivity index (χ0) is 49.5. The normalized spacial score (nSPS) is 18.3. The van der Waals surface area contributed by atoms with Crippen molar-refractivity contribution in [2.45, 2.75) is 70.6 Å². The number of phenols is 2. The minimum Gasteiger partial charge on any atom is -0.508 e. The Morgan fingerprint density at radius 2 is 1.66 bits per heavy atom. The number of fused-ring (bicyclic) bond motifs is 2. The van der Waals surface area contributed by atoms with Crippen LogP contribution in [-0.4, -0.2) is 133 Å². The molecular weight excluding hydrogens is 923 g/mol. The Morgan fingerprint density at radius 3 is 2.38 bits per heavy atom. The number of hydrogen-bond donors (Lipinski definition) is 3. The number of piperazine rings is 2. The number of nitrogens with one attached hydrogen (secondary N) is 1. The van der Waals surface area contributed by atoms with Gasteiger partial charge in [-0.25, -0.2) is 23.8 Å². The summed E-state index contributed by atoms with van der Waals surface area (Å²) in [5, 5.41) is 40.4. The second kappa shape index (κ2) is 20.0. The predicted molar refractivity (Wildman–Crippen MR) is 273 cm³/mol. The first-order valence-corrected chi connectivity index (χ1v) is 24.9. The highest BCUT2D eigenvalue weighted by Gasteiger charge is 2.36. The summed E-state index contributed by atoms with van der Waals surface area (Å²) in [5.41, 5.74) is 5.36. The number of hydrogen-bond acceptors (Lipinski definition) is 13. The second-order valence-electron chi connectivity index (χ2n) is 19.4. The number of carbonyl (C=O) groups excluding carboxylic acids is 1. The van der Waals surface area contributed by atoms with Crippen LogP contribution in [0.3, 0.4) is 0 Å². The zero-order valence-corrected chi connectivity index (χ0v) is 40.8. The molecule has 1 unspecified atom stereocenters. The quantitative estimate of drug-likeness (QED) is 0.112. The van der Waals surface area contributed by atoms with Crippen LogP contribution in [0.15, 0.2) is 90.0 Å². The molecule has 3 saturated heterocycles. The summed E-state index contributed by atoms with van der Waals surface area (Å²) in [5.74, 6) is -0.223. The van der Waals surface area contributed by atoms with Crippen LogP contribution in [0.1, 0.15) is 61.4 Å². The first-order valence-electron chi connectivity index (χ1n) is 24.5. The van der Waals surface area contributed by atoms with Gasteiger partial charge in [0.15, 0.2) is 11.7 Å². The molecule has 16 nitrogen and oxygen atoms in total. The van der Waals surface area contributed by atoms with Crippen molar-refractivity contribution in [1.82, 2.24) is 39.4 Å². The topological polar surface area (TPSA) is 177 Å². The Morgan fingerprint density at radius 1 is 0.915 bits per heavy atom. The molecule has 0 spiro atoms. The Labute approximate surface area is 416 Å². The first kappa shape index (κ1) is 47.7. The van der Waals surface area contributed by atoms with Gasteiger partial charge >= 0.3 is 5.69 Å². The number of aromatic amines is 1. The highest BCUT2D eigenvalue weighted by atomic mass is 35.5. The molecule has 71 heavy (non-hydrogen) atoms. The van der Waals surface area contributed by atoms with Crippen LogP contribution in [0.2, 0.25) is 5.02 Å². The molecule has 0 radical (unpaired) electrons. The molecule has 4 aromatic carbocycles. The Balaban J connectivity index is 0.810. The average Bonchev–Trinajstić information content (AvgIpc) is 3.76. The van der Waals surface area contributed by atoms with Crippen LogP contribution >= 0.6 is 11.6 Å². The third-order valence-corrected chi connectivity index (χ3v) is 15.1. The number of phenolic OH excluding ortho intramolecular Hbond substituents is 2. The van der Waals surface area contributed by atoms with Crippen molar-refractivity contribution in [2.75, 3.05) is 80.1 Å². The van der Waals surface area contributed by atoms with E-state index >= 15 is 0 Å². The van der Waals surface area contributed by atoms with Crippen LogP contribution in [0.25, 0.3) is 27.8 Å².